The van der Waals surface area contributed by atoms with E-state index in [4.69, 9.17) is 0 Å². The van der Waals surface area contributed by atoms with Gasteiger partial charge in [-0.1, -0.05) is 32.1 Å². The second-order valence-electron chi connectivity index (χ2n) is 5.60. The number of carbonyl (C=O) groups is 2. The van der Waals surface area contributed by atoms with Gasteiger partial charge in [-0.15, -0.1) is 0 Å². The van der Waals surface area contributed by atoms with Crippen LogP contribution >= 0.6 is 0 Å². The summed E-state index contributed by atoms with van der Waals surface area (Å²) in [5.41, 5.74) is 4.93. The van der Waals surface area contributed by atoms with Gasteiger partial charge in [0.15, 0.2) is 0 Å². The number of rotatable bonds is 2. The molecule has 0 aromatic heterocycles. The van der Waals surface area contributed by atoms with Gasteiger partial charge in [-0.2, -0.15) is 0 Å². The van der Waals surface area contributed by atoms with Crippen LogP contribution in [0.4, 0.5) is 9.18 Å². The molecule has 1 aromatic carbocycles. The Kier molecular flexibility index (Phi) is 6.18. The molecule has 3 amide bonds. The molecule has 1 aliphatic rings. The van der Waals surface area contributed by atoms with Gasteiger partial charge in [-0.25, -0.2) is 14.6 Å². The molecule has 0 radical (unpaired) electrons. The van der Waals surface area contributed by atoms with Gasteiger partial charge in [0, 0.05) is 11.6 Å². The Balaban J connectivity index is 1.74. The van der Waals surface area contributed by atoms with Crippen molar-refractivity contribution in [3.8, 4) is 0 Å². The number of amides is 3. The number of carbonyl (C=O) groups excluding carboxylic acids is 2. The van der Waals surface area contributed by atoms with Crippen molar-refractivity contribution in [1.82, 2.24) is 16.2 Å². The average molecular weight is 307 g/mol. The van der Waals surface area contributed by atoms with E-state index < -0.39 is 17.8 Å². The van der Waals surface area contributed by atoms with Crippen LogP contribution in [0.1, 0.15) is 55.3 Å². The molecule has 0 saturated heterocycles. The minimum atomic E-state index is -0.479. The van der Waals surface area contributed by atoms with E-state index in [-0.39, 0.29) is 11.6 Å². The number of hydrogen-bond donors (Lipinski definition) is 3. The van der Waals surface area contributed by atoms with Gasteiger partial charge in [0.2, 0.25) is 0 Å². The summed E-state index contributed by atoms with van der Waals surface area (Å²) in [6.45, 7) is 0. The third-order valence-corrected chi connectivity index (χ3v) is 3.84. The van der Waals surface area contributed by atoms with Crippen molar-refractivity contribution in [3.63, 3.8) is 0 Å². The zero-order chi connectivity index (χ0) is 15.8. The normalized spacial score (nSPS) is 16.2. The molecule has 1 fully saturated rings. The number of urea groups is 1. The van der Waals surface area contributed by atoms with Gasteiger partial charge in [0.05, 0.1) is 0 Å². The molecular formula is C16H22FN3O2. The standard InChI is InChI=1S/C16H22FN3O2/c17-13-10-8-12(9-11-13)15(21)19-20-16(22)18-14-6-4-2-1-3-5-7-14/h8-11,14H,1-7H2,(H,19,21)(H2,18,20,22). The van der Waals surface area contributed by atoms with E-state index in [0.29, 0.717) is 0 Å². The van der Waals surface area contributed by atoms with Gasteiger partial charge < -0.3 is 5.32 Å². The van der Waals surface area contributed by atoms with Crippen LogP contribution < -0.4 is 16.2 Å². The van der Waals surface area contributed by atoms with E-state index >= 15 is 0 Å². The fourth-order valence-corrected chi connectivity index (χ4v) is 2.61. The first-order chi connectivity index (χ1) is 10.6. The number of benzene rings is 1. The minimum absolute atomic E-state index is 0.156. The maximum Gasteiger partial charge on any atom is 0.333 e. The minimum Gasteiger partial charge on any atom is -0.334 e. The number of hydrogen-bond acceptors (Lipinski definition) is 2. The van der Waals surface area contributed by atoms with E-state index in [1.807, 2.05) is 0 Å². The predicted octanol–water partition coefficient (Wildman–Crippen LogP) is 2.88. The van der Waals surface area contributed by atoms with Crippen LogP contribution in [-0.2, 0) is 0 Å². The largest absolute Gasteiger partial charge is 0.334 e. The summed E-state index contributed by atoms with van der Waals surface area (Å²) >= 11 is 0. The van der Waals surface area contributed by atoms with Crippen molar-refractivity contribution < 1.29 is 14.0 Å². The molecule has 1 aliphatic carbocycles. The van der Waals surface area contributed by atoms with Crippen LogP contribution in [-0.4, -0.2) is 18.0 Å². The van der Waals surface area contributed by atoms with Crippen LogP contribution in [0.15, 0.2) is 24.3 Å². The molecule has 0 spiro atoms. The molecule has 1 saturated carbocycles. The number of hydrazine groups is 1. The van der Waals surface area contributed by atoms with Crippen LogP contribution in [0, 0.1) is 5.82 Å². The van der Waals surface area contributed by atoms with Crippen LogP contribution in [0.25, 0.3) is 0 Å². The lowest BCUT2D eigenvalue weighted by molar-refractivity contribution is 0.0935. The highest BCUT2D eigenvalue weighted by molar-refractivity contribution is 5.95. The highest BCUT2D eigenvalue weighted by atomic mass is 19.1. The molecule has 22 heavy (non-hydrogen) atoms. The van der Waals surface area contributed by atoms with Crippen LogP contribution in [0.2, 0.25) is 0 Å². The fraction of sp³-hybridized carbons (Fsp3) is 0.500. The fourth-order valence-electron chi connectivity index (χ4n) is 2.61. The van der Waals surface area contributed by atoms with Crippen LogP contribution in [0.3, 0.4) is 0 Å². The molecule has 2 rings (SSSR count). The lowest BCUT2D eigenvalue weighted by Gasteiger charge is -2.21. The monoisotopic (exact) mass is 307 g/mol. The highest BCUT2D eigenvalue weighted by Crippen LogP contribution is 2.16. The summed E-state index contributed by atoms with van der Waals surface area (Å²) in [4.78, 5) is 23.6. The first kappa shape index (κ1) is 16.3. The summed E-state index contributed by atoms with van der Waals surface area (Å²) in [6.07, 6.45) is 7.87. The highest BCUT2D eigenvalue weighted by Gasteiger charge is 2.14. The molecule has 120 valence electrons. The topological polar surface area (TPSA) is 70.2 Å². The van der Waals surface area contributed by atoms with Crippen molar-refractivity contribution in [2.24, 2.45) is 0 Å². The Labute approximate surface area is 129 Å². The van der Waals surface area contributed by atoms with Crippen molar-refractivity contribution in [1.29, 1.82) is 0 Å². The van der Waals surface area contributed by atoms with Crippen molar-refractivity contribution in [2.75, 3.05) is 0 Å². The Bertz CT molecular complexity index is 497. The molecular weight excluding hydrogens is 285 g/mol. The van der Waals surface area contributed by atoms with Crippen molar-refractivity contribution in [3.05, 3.63) is 35.6 Å². The third-order valence-electron chi connectivity index (χ3n) is 3.84. The zero-order valence-electron chi connectivity index (χ0n) is 12.5. The first-order valence-corrected chi connectivity index (χ1v) is 7.77. The van der Waals surface area contributed by atoms with E-state index in [0.717, 1.165) is 25.7 Å². The van der Waals surface area contributed by atoms with Gasteiger partial charge >= 0.3 is 6.03 Å². The van der Waals surface area contributed by atoms with Crippen molar-refractivity contribution >= 4 is 11.9 Å². The Morgan fingerprint density at radius 3 is 2.14 bits per heavy atom. The molecule has 1 aromatic rings. The molecule has 0 unspecified atom stereocenters. The second kappa shape index (κ2) is 8.36. The SMILES string of the molecule is O=C(NNC(=O)c1ccc(F)cc1)NC1CCCCCCC1. The zero-order valence-corrected chi connectivity index (χ0v) is 12.5. The summed E-state index contributed by atoms with van der Waals surface area (Å²) in [5, 5.41) is 2.88. The van der Waals surface area contributed by atoms with E-state index in [1.54, 1.807) is 0 Å². The Morgan fingerprint density at radius 2 is 1.50 bits per heavy atom. The Hall–Kier alpha value is -2.11. The first-order valence-electron chi connectivity index (χ1n) is 7.77. The van der Waals surface area contributed by atoms with E-state index in [1.165, 1.54) is 43.5 Å². The van der Waals surface area contributed by atoms with Crippen LogP contribution in [0.5, 0.6) is 0 Å². The quantitative estimate of drug-likeness (QED) is 0.735. The average Bonchev–Trinajstić information content (AvgIpc) is 2.48. The lowest BCUT2D eigenvalue weighted by Crippen LogP contribution is -2.49. The molecule has 0 aliphatic heterocycles. The van der Waals surface area contributed by atoms with Gasteiger partial charge in [0.1, 0.15) is 5.82 Å². The van der Waals surface area contributed by atoms with Gasteiger partial charge in [0.25, 0.3) is 5.91 Å². The summed E-state index contributed by atoms with van der Waals surface area (Å²) < 4.78 is 12.8. The lowest BCUT2D eigenvalue weighted by atomic mass is 9.97. The molecule has 6 heteroatoms. The molecule has 0 heterocycles. The van der Waals surface area contributed by atoms with Gasteiger partial charge in [-0.3, -0.25) is 10.2 Å². The molecule has 0 atom stereocenters. The molecule has 0 bridgehead atoms. The molecule has 3 N–H and O–H groups in total. The summed E-state index contributed by atoms with van der Waals surface area (Å²) in [6, 6.07) is 4.86. The van der Waals surface area contributed by atoms with E-state index in [9.17, 15) is 14.0 Å². The number of nitrogens with one attached hydrogen (secondary N) is 3. The summed E-state index contributed by atoms with van der Waals surface area (Å²) in [7, 11) is 0. The van der Waals surface area contributed by atoms with Gasteiger partial charge in [-0.05, 0) is 37.1 Å². The second-order valence-corrected chi connectivity index (χ2v) is 5.60. The van der Waals surface area contributed by atoms with Crippen molar-refractivity contribution in [2.45, 2.75) is 51.0 Å². The van der Waals surface area contributed by atoms with E-state index in [2.05, 4.69) is 16.2 Å². The molecule has 5 nitrogen and oxygen atoms in total. The predicted molar refractivity (Wildman–Crippen MR) is 81.6 cm³/mol. The smallest absolute Gasteiger partial charge is 0.333 e. The number of halogens is 1. The Morgan fingerprint density at radius 1 is 0.909 bits per heavy atom. The maximum absolute atomic E-state index is 12.8. The maximum atomic E-state index is 12.8. The summed E-state index contributed by atoms with van der Waals surface area (Å²) in [5.74, 6) is -0.889. The third kappa shape index (κ3) is 5.35.